The Bertz CT molecular complexity index is 1650. The molecule has 0 saturated carbocycles. The lowest BCUT2D eigenvalue weighted by Gasteiger charge is -2.13. The van der Waals surface area contributed by atoms with E-state index in [-0.39, 0.29) is 28.2 Å². The number of ether oxygens (including phenoxy) is 1. The summed E-state index contributed by atoms with van der Waals surface area (Å²) in [6.07, 6.45) is 3.07. The summed E-state index contributed by atoms with van der Waals surface area (Å²) in [5.74, 6) is 0.242. The molecular weight excluding hydrogens is 508 g/mol. The molecule has 7 nitrogen and oxygen atoms in total. The van der Waals surface area contributed by atoms with Crippen LogP contribution in [0.3, 0.4) is 0 Å². The molecule has 1 aromatic heterocycles. The maximum atomic E-state index is 13.4. The van der Waals surface area contributed by atoms with Crippen LogP contribution in [0.5, 0.6) is 5.75 Å². The first-order valence-electron chi connectivity index (χ1n) is 11.6. The van der Waals surface area contributed by atoms with Crippen LogP contribution in [-0.2, 0) is 14.8 Å². The zero-order valence-electron chi connectivity index (χ0n) is 20.2. The Hall–Kier alpha value is -3.82. The highest BCUT2D eigenvalue weighted by atomic mass is 32.2. The van der Waals surface area contributed by atoms with Gasteiger partial charge in [0.25, 0.3) is 21.2 Å². The van der Waals surface area contributed by atoms with Crippen LogP contribution in [0.1, 0.15) is 16.7 Å². The number of carbonyl (C=O) groups is 2. The quantitative estimate of drug-likeness (QED) is 0.288. The lowest BCUT2D eigenvalue weighted by atomic mass is 10.1. The predicted molar refractivity (Wildman–Crippen MR) is 145 cm³/mol. The number of thioether (sulfide) groups is 1. The molecule has 0 radical (unpaired) electrons. The Morgan fingerprint density at radius 3 is 2.43 bits per heavy atom. The normalized spacial score (nSPS) is 15.2. The van der Waals surface area contributed by atoms with Crippen LogP contribution in [0.4, 0.5) is 4.79 Å². The molecule has 3 aromatic carbocycles. The molecule has 1 aliphatic rings. The van der Waals surface area contributed by atoms with Crippen molar-refractivity contribution >= 4 is 49.9 Å². The van der Waals surface area contributed by atoms with Gasteiger partial charge in [0.05, 0.1) is 21.9 Å². The molecule has 0 aliphatic carbocycles. The van der Waals surface area contributed by atoms with E-state index in [9.17, 15) is 18.0 Å². The van der Waals surface area contributed by atoms with Crippen molar-refractivity contribution in [3.8, 4) is 5.75 Å². The van der Waals surface area contributed by atoms with Crippen molar-refractivity contribution in [2.45, 2.75) is 18.7 Å². The number of amides is 2. The third-order valence-electron chi connectivity index (χ3n) is 6.02. The van der Waals surface area contributed by atoms with Gasteiger partial charge in [-0.15, -0.1) is 0 Å². The van der Waals surface area contributed by atoms with Crippen molar-refractivity contribution in [2.75, 3.05) is 13.2 Å². The van der Waals surface area contributed by atoms with E-state index in [0.717, 1.165) is 27.8 Å². The minimum absolute atomic E-state index is 0.111. The highest BCUT2D eigenvalue weighted by Crippen LogP contribution is 2.35. The maximum absolute atomic E-state index is 13.4. The van der Waals surface area contributed by atoms with Crippen LogP contribution in [0.2, 0.25) is 0 Å². The number of benzene rings is 3. The summed E-state index contributed by atoms with van der Waals surface area (Å²) in [5, 5.41) is 0.271. The minimum Gasteiger partial charge on any atom is -0.492 e. The van der Waals surface area contributed by atoms with Gasteiger partial charge in [-0.05, 0) is 67.6 Å². The molecule has 9 heteroatoms. The van der Waals surface area contributed by atoms with Gasteiger partial charge in [0.2, 0.25) is 0 Å². The molecule has 0 atom stereocenters. The molecular formula is C28H24N2O5S2. The molecule has 2 amide bonds. The number of aromatic nitrogens is 1. The molecule has 4 aromatic rings. The van der Waals surface area contributed by atoms with Gasteiger partial charge in [-0.25, -0.2) is 12.4 Å². The number of carbonyl (C=O) groups excluding carboxylic acids is 2. The van der Waals surface area contributed by atoms with E-state index in [2.05, 4.69) is 0 Å². The molecule has 1 fully saturated rings. The third kappa shape index (κ3) is 4.92. The van der Waals surface area contributed by atoms with Gasteiger partial charge in [-0.1, -0.05) is 48.0 Å². The second kappa shape index (κ2) is 9.91. The molecule has 1 aliphatic heterocycles. The summed E-state index contributed by atoms with van der Waals surface area (Å²) in [5.41, 5.74) is 3.03. The third-order valence-corrected chi connectivity index (χ3v) is 8.62. The SMILES string of the molecule is Cc1ccc(S(=O)(=O)n2cc(/C=C3\SC(=O)N(CCOc4cccc(C)c4)C3=O)c3ccccc32)cc1. The maximum Gasteiger partial charge on any atom is 0.293 e. The number of para-hydroxylation sites is 1. The van der Waals surface area contributed by atoms with E-state index >= 15 is 0 Å². The van der Waals surface area contributed by atoms with Crippen molar-refractivity contribution < 1.29 is 22.7 Å². The average molecular weight is 533 g/mol. The van der Waals surface area contributed by atoms with Crippen molar-refractivity contribution in [2.24, 2.45) is 0 Å². The molecule has 0 N–H and O–H groups in total. The first kappa shape index (κ1) is 24.9. The first-order valence-corrected chi connectivity index (χ1v) is 13.9. The molecule has 37 heavy (non-hydrogen) atoms. The van der Waals surface area contributed by atoms with Gasteiger partial charge in [-0.2, -0.15) is 0 Å². The Labute approximate surface area is 219 Å². The molecule has 5 rings (SSSR count). The molecule has 0 unspecified atom stereocenters. The highest BCUT2D eigenvalue weighted by Gasteiger charge is 2.35. The van der Waals surface area contributed by atoms with Gasteiger partial charge < -0.3 is 4.74 Å². The van der Waals surface area contributed by atoms with Crippen LogP contribution >= 0.6 is 11.8 Å². The van der Waals surface area contributed by atoms with E-state index in [1.54, 1.807) is 54.6 Å². The fraction of sp³-hybridized carbons (Fsp3) is 0.143. The molecule has 0 bridgehead atoms. The van der Waals surface area contributed by atoms with Gasteiger partial charge in [0.15, 0.2) is 0 Å². The summed E-state index contributed by atoms with van der Waals surface area (Å²) in [6, 6.07) is 21.2. The summed E-state index contributed by atoms with van der Waals surface area (Å²) in [6.45, 7) is 4.13. The summed E-state index contributed by atoms with van der Waals surface area (Å²) in [4.78, 5) is 27.2. The number of hydrogen-bond donors (Lipinski definition) is 0. The molecule has 188 valence electrons. The second-order valence-corrected chi connectivity index (χ2v) is 11.5. The monoisotopic (exact) mass is 532 g/mol. The number of hydrogen-bond acceptors (Lipinski definition) is 6. The molecule has 1 saturated heterocycles. The second-order valence-electron chi connectivity index (χ2n) is 8.71. The number of nitrogens with zero attached hydrogens (tertiary/aromatic N) is 2. The van der Waals surface area contributed by atoms with Crippen molar-refractivity contribution in [1.29, 1.82) is 0 Å². The fourth-order valence-electron chi connectivity index (χ4n) is 4.11. The Morgan fingerprint density at radius 2 is 1.68 bits per heavy atom. The standard InChI is InChI=1S/C28H24N2O5S2/c1-19-10-12-23(13-11-19)37(33,34)30-18-21(24-8-3-4-9-25(24)30)17-26-27(31)29(28(32)36-26)14-15-35-22-7-5-6-20(2)16-22/h3-13,16-18H,14-15H2,1-2H3/b26-17-. The van der Waals surface area contributed by atoms with Crippen LogP contribution in [0.15, 0.2) is 88.8 Å². The van der Waals surface area contributed by atoms with Gasteiger partial charge >= 0.3 is 0 Å². The lowest BCUT2D eigenvalue weighted by molar-refractivity contribution is -0.123. The zero-order chi connectivity index (χ0) is 26.2. The van der Waals surface area contributed by atoms with Crippen LogP contribution in [0, 0.1) is 13.8 Å². The summed E-state index contributed by atoms with van der Waals surface area (Å²) >= 11 is 0.833. The van der Waals surface area contributed by atoms with Crippen molar-refractivity contribution in [1.82, 2.24) is 8.87 Å². The van der Waals surface area contributed by atoms with E-state index in [1.807, 2.05) is 38.1 Å². The highest BCUT2D eigenvalue weighted by molar-refractivity contribution is 8.18. The van der Waals surface area contributed by atoms with Gasteiger partial charge in [-0.3, -0.25) is 14.5 Å². The summed E-state index contributed by atoms with van der Waals surface area (Å²) in [7, 11) is -3.87. The topological polar surface area (TPSA) is 85.7 Å². The number of rotatable bonds is 7. The van der Waals surface area contributed by atoms with Crippen molar-refractivity contribution in [3.05, 3.63) is 101 Å². The Balaban J connectivity index is 1.42. The van der Waals surface area contributed by atoms with E-state index < -0.39 is 15.9 Å². The number of aryl methyl sites for hydroxylation is 2. The van der Waals surface area contributed by atoms with Crippen LogP contribution in [0.25, 0.3) is 17.0 Å². The molecule has 0 spiro atoms. The van der Waals surface area contributed by atoms with E-state index in [0.29, 0.717) is 22.2 Å². The zero-order valence-corrected chi connectivity index (χ0v) is 21.9. The largest absolute Gasteiger partial charge is 0.492 e. The first-order chi connectivity index (χ1) is 17.7. The Kier molecular flexibility index (Phi) is 6.66. The van der Waals surface area contributed by atoms with E-state index in [4.69, 9.17) is 4.74 Å². The average Bonchev–Trinajstić information content (AvgIpc) is 3.37. The Morgan fingerprint density at radius 1 is 0.919 bits per heavy atom. The number of fused-ring (bicyclic) bond motifs is 1. The smallest absolute Gasteiger partial charge is 0.293 e. The van der Waals surface area contributed by atoms with Crippen LogP contribution < -0.4 is 4.74 Å². The lowest BCUT2D eigenvalue weighted by Crippen LogP contribution is -2.32. The van der Waals surface area contributed by atoms with Gasteiger partial charge in [0, 0.05) is 17.1 Å². The minimum atomic E-state index is -3.87. The number of imide groups is 1. The predicted octanol–water partition coefficient (Wildman–Crippen LogP) is 5.61. The van der Waals surface area contributed by atoms with E-state index in [1.165, 1.54) is 10.2 Å². The van der Waals surface area contributed by atoms with Gasteiger partial charge in [0.1, 0.15) is 12.4 Å². The van der Waals surface area contributed by atoms with Crippen LogP contribution in [-0.4, -0.2) is 41.6 Å². The fourth-order valence-corrected chi connectivity index (χ4v) is 6.34. The van der Waals surface area contributed by atoms with Crippen molar-refractivity contribution in [3.63, 3.8) is 0 Å². The summed E-state index contributed by atoms with van der Waals surface area (Å²) < 4.78 is 33.8. The molecule has 2 heterocycles.